The van der Waals surface area contributed by atoms with E-state index in [1.165, 1.54) is 0 Å². The monoisotopic (exact) mass is 1710 g/mol. The number of benzene rings is 3. The highest BCUT2D eigenvalue weighted by atomic mass is 16.8. The van der Waals surface area contributed by atoms with Gasteiger partial charge in [-0.3, -0.25) is 57.5 Å². The van der Waals surface area contributed by atoms with Gasteiger partial charge in [-0.25, -0.2) is 9.97 Å². The number of aromatic amines is 2. The van der Waals surface area contributed by atoms with E-state index in [0.29, 0.717) is 95.5 Å². The molecule has 2 N–H and O–H groups in total. The van der Waals surface area contributed by atoms with E-state index < -0.39 is 184 Å². The van der Waals surface area contributed by atoms with Crippen LogP contribution >= 0.6 is 0 Å². The van der Waals surface area contributed by atoms with Crippen molar-refractivity contribution in [2.24, 2.45) is 0 Å². The van der Waals surface area contributed by atoms with Crippen molar-refractivity contribution < 1.29 is 157 Å². The first-order valence-corrected chi connectivity index (χ1v) is 38.9. The minimum atomic E-state index is -1.47. The van der Waals surface area contributed by atoms with E-state index >= 15 is 0 Å². The Kier molecular flexibility index (Phi) is 31.0. The van der Waals surface area contributed by atoms with Crippen molar-refractivity contribution in [3.05, 3.63) is 126 Å². The summed E-state index contributed by atoms with van der Waals surface area (Å²) < 4.78 is 121. The molecule has 5 aliphatic rings. The van der Waals surface area contributed by atoms with Crippen LogP contribution in [0.5, 0.6) is 17.2 Å². The van der Waals surface area contributed by atoms with Gasteiger partial charge in [0.15, 0.2) is 73.8 Å². The van der Waals surface area contributed by atoms with Gasteiger partial charge in [0.25, 0.3) is 0 Å². The number of hydrogen-bond acceptors (Lipinski definition) is 35. The van der Waals surface area contributed by atoms with Gasteiger partial charge in [-0.1, -0.05) is 36.4 Å². The van der Waals surface area contributed by atoms with Gasteiger partial charge >= 0.3 is 71.6 Å². The highest BCUT2D eigenvalue weighted by molar-refractivity contribution is 5.98. The van der Waals surface area contributed by atoms with Gasteiger partial charge in [-0.15, -0.1) is 0 Å². The van der Waals surface area contributed by atoms with E-state index in [9.17, 15) is 57.5 Å². The van der Waals surface area contributed by atoms with Crippen LogP contribution in [0.1, 0.15) is 106 Å². The number of hydrogen-bond donors (Lipinski definition) is 2. The lowest BCUT2D eigenvalue weighted by Gasteiger charge is -2.44. The maximum absolute atomic E-state index is 12.6. The first-order chi connectivity index (χ1) is 58.8. The second kappa shape index (κ2) is 42.0. The molecule has 3 fully saturated rings. The third-order valence-electron chi connectivity index (χ3n) is 18.8. The predicted molar refractivity (Wildman–Crippen MR) is 425 cm³/mol. The molecule has 3 saturated heterocycles. The first kappa shape index (κ1) is 90.8. The van der Waals surface area contributed by atoms with Crippen molar-refractivity contribution in [3.8, 4) is 50.6 Å². The van der Waals surface area contributed by atoms with Crippen LogP contribution in [-0.4, -0.2) is 243 Å². The molecule has 8 heterocycles. The normalized spacial score (nSPS) is 22.5. The Hall–Kier alpha value is -12.9. The molecule has 8 bridgehead atoms. The fourth-order valence-corrected chi connectivity index (χ4v) is 14.1. The molecule has 0 amide bonds. The molecule has 0 spiro atoms. The fraction of sp³-hybridized carbons (Fsp3) is 0.419. The smallest absolute Gasteiger partial charge is 0.303 e. The molecule has 6 aromatic rings. The van der Waals surface area contributed by atoms with Crippen LogP contribution in [-0.2, 0) is 143 Å². The summed E-state index contributed by atoms with van der Waals surface area (Å²) in [7, 11) is 0. The molecule has 123 heavy (non-hydrogen) atoms. The Morgan fingerprint density at radius 3 is 0.862 bits per heavy atom. The summed E-state index contributed by atoms with van der Waals surface area (Å²) >= 11 is 0. The lowest BCUT2D eigenvalue weighted by atomic mass is 9.98. The number of carbonyl (C=O) groups excluding carboxylic acids is 12. The highest BCUT2D eigenvalue weighted by Crippen LogP contribution is 2.40. The molecule has 3 aromatic heterocycles. The Morgan fingerprint density at radius 2 is 0.561 bits per heavy atom. The van der Waals surface area contributed by atoms with Crippen molar-refractivity contribution >= 4 is 118 Å². The zero-order valence-electron chi connectivity index (χ0n) is 69.0. The molecule has 654 valence electrons. The van der Waals surface area contributed by atoms with E-state index in [-0.39, 0.29) is 39.6 Å². The number of rotatable bonds is 33. The number of H-pyrrole nitrogens is 2. The predicted octanol–water partition coefficient (Wildman–Crippen LogP) is 8.09. The van der Waals surface area contributed by atoms with E-state index in [0.717, 1.165) is 83.1 Å². The van der Waals surface area contributed by atoms with Crippen LogP contribution in [0.4, 0.5) is 0 Å². The van der Waals surface area contributed by atoms with Gasteiger partial charge in [0.1, 0.15) is 75.2 Å². The molecule has 0 saturated carbocycles. The van der Waals surface area contributed by atoms with E-state index in [1.54, 1.807) is 36.4 Å². The second-order valence-corrected chi connectivity index (χ2v) is 28.3. The fourth-order valence-electron chi connectivity index (χ4n) is 14.1. The van der Waals surface area contributed by atoms with Crippen LogP contribution in [0.25, 0.3) is 79.8 Å². The topological polar surface area (TPSA) is 456 Å². The third-order valence-corrected chi connectivity index (χ3v) is 18.8. The molecular formula is C86H92N4O33. The van der Waals surface area contributed by atoms with Gasteiger partial charge in [0.05, 0.1) is 42.6 Å². The number of carbonyl (C=O) groups is 12. The van der Waals surface area contributed by atoms with E-state index in [1.807, 2.05) is 91.0 Å². The summed E-state index contributed by atoms with van der Waals surface area (Å²) in [5.74, 6) is -8.04. The van der Waals surface area contributed by atoms with Gasteiger partial charge in [-0.05, 0) is 108 Å². The van der Waals surface area contributed by atoms with Crippen molar-refractivity contribution in [2.75, 3.05) is 59.5 Å². The Morgan fingerprint density at radius 1 is 0.293 bits per heavy atom. The van der Waals surface area contributed by atoms with Gasteiger partial charge < -0.3 is 109 Å². The second-order valence-electron chi connectivity index (χ2n) is 28.3. The molecule has 0 unspecified atom stereocenters. The van der Waals surface area contributed by atoms with Crippen LogP contribution in [0.15, 0.2) is 103 Å². The summed E-state index contributed by atoms with van der Waals surface area (Å²) in [4.78, 5) is 166. The molecule has 37 nitrogen and oxygen atoms in total. The van der Waals surface area contributed by atoms with Gasteiger partial charge in [0.2, 0.25) is 0 Å². The minimum Gasteiger partial charge on any atom is -0.491 e. The Balaban J connectivity index is 0.904. The molecule has 37 heteroatoms. The summed E-state index contributed by atoms with van der Waals surface area (Å²) in [6, 6.07) is 31.1. The van der Waals surface area contributed by atoms with Crippen molar-refractivity contribution in [2.45, 2.75) is 175 Å². The summed E-state index contributed by atoms with van der Waals surface area (Å²) in [5.41, 5.74) is 8.95. The van der Waals surface area contributed by atoms with Gasteiger partial charge in [-0.2, -0.15) is 0 Å². The molecule has 3 aromatic carbocycles. The zero-order valence-corrected chi connectivity index (χ0v) is 69.0. The SMILES string of the molecule is CC(=O)OC[C@H]1O[C@H](OCCOc2ccc(-c3c4nc(c(-c5ccc(OCCO[C@H]6O[C@H](COC(C)=O)[C@@H](OC(C)=O)[C@H](OC(C)=O)[C@@H]6OC(C)=O)cc5)c5ccc([nH]5)c(-c5ccc(OCCO[C@H]6O[C@H](COC(C)=O)[C@@H](OC(C)=O)[C@H](OC(C)=O)[C@@H]6OC(C)=O)cc5)c5nc(cc6ccc3[nH]6)C=C5)C=C4)cc2)[C@@H](OC(C)=O)[C@@H](OC(C)=O)[C@@H]1OC(C)=O. The molecule has 0 aliphatic carbocycles. The number of nitrogens with one attached hydrogen (secondary N) is 2. The number of esters is 12. The Bertz CT molecular complexity index is 4970. The lowest BCUT2D eigenvalue weighted by Crippen LogP contribution is -2.63. The zero-order chi connectivity index (χ0) is 88.3. The summed E-state index contributed by atoms with van der Waals surface area (Å²) in [6.07, 6.45) is -13.3. The van der Waals surface area contributed by atoms with Gasteiger partial charge in [0, 0.05) is 122 Å². The molecule has 5 aliphatic heterocycles. The quantitative estimate of drug-likeness (QED) is 0.0223. The number of ether oxygens (including phenoxy) is 21. The van der Waals surface area contributed by atoms with Crippen LogP contribution in [0.2, 0.25) is 0 Å². The van der Waals surface area contributed by atoms with Crippen molar-refractivity contribution in [1.82, 2.24) is 19.9 Å². The van der Waals surface area contributed by atoms with Crippen LogP contribution in [0.3, 0.4) is 0 Å². The maximum Gasteiger partial charge on any atom is 0.303 e. The first-order valence-electron chi connectivity index (χ1n) is 38.9. The minimum absolute atomic E-state index is 0.0971. The number of nitrogens with zero attached hydrogens (tertiary/aromatic N) is 2. The molecular weight excluding hydrogens is 1620 g/mol. The third kappa shape index (κ3) is 24.7. The highest BCUT2D eigenvalue weighted by Gasteiger charge is 2.56. The lowest BCUT2D eigenvalue weighted by molar-refractivity contribution is -0.308. The van der Waals surface area contributed by atoms with Crippen LogP contribution in [0, 0.1) is 0 Å². The Labute approximate surface area is 703 Å². The van der Waals surface area contributed by atoms with Crippen LogP contribution < -0.4 is 14.2 Å². The number of aromatic nitrogens is 4. The maximum atomic E-state index is 12.6. The van der Waals surface area contributed by atoms with E-state index in [2.05, 4.69) is 9.97 Å². The standard InChI is InChI=1S/C86H92N4O33/c1-43(91)109-40-69-75(112-46(4)94)78(115-49(7)97)81(118-52(10)100)84(121-69)106-36-33-103-60-21-13-55(14-22-60)72-63-27-19-58(87-63)39-59-20-28-64(88-59)73(56-15-23-61(24-16-56)104-34-37-107-85-82(119-53(11)101)79(116-50(8)98)76(113-47(5)95)70(122-85)41-110-44(2)92)66-30-32-68(90-66)74(67-31-29-65(72)89-67)57-17-25-62(26-18-57)105-35-38-108-86-83(120-54(12)102)80(117-51(9)99)77(114-48(6)96)71(123-86)42-111-45(3)93/h13-32,39,69-71,75-87,90H,33-38,40-42H2,1-12H3/t69-,70-,71-,75-,76-,77-,78+,79+,80+,81+,82+,83+,84+,85+,86+/m1/s1. The molecule has 11 rings (SSSR count). The summed E-state index contributed by atoms with van der Waals surface area (Å²) in [5, 5.41) is 0. The van der Waals surface area contributed by atoms with Crippen molar-refractivity contribution in [1.29, 1.82) is 0 Å². The van der Waals surface area contributed by atoms with Crippen molar-refractivity contribution in [3.63, 3.8) is 0 Å². The van der Waals surface area contributed by atoms with E-state index in [4.69, 9.17) is 109 Å². The molecule has 15 atom stereocenters. The average Bonchev–Trinajstić information content (AvgIpc) is 1.54. The summed E-state index contributed by atoms with van der Waals surface area (Å²) in [6.45, 7) is 11.3. The molecule has 0 radical (unpaired) electrons. The average molecular weight is 1710 g/mol. The number of fused-ring (bicyclic) bond motifs is 8. The largest absolute Gasteiger partial charge is 0.491 e.